The molecule has 2 aromatic rings. The fourth-order valence-electron chi connectivity index (χ4n) is 1.91. The molecule has 1 aromatic heterocycles. The van der Waals surface area contributed by atoms with Crippen LogP contribution in [0, 0.1) is 25.2 Å². The van der Waals surface area contributed by atoms with Crippen LogP contribution in [-0.4, -0.2) is 5.16 Å². The van der Waals surface area contributed by atoms with Crippen molar-refractivity contribution >= 4 is 5.69 Å². The number of rotatable bonds is 3. The van der Waals surface area contributed by atoms with E-state index in [4.69, 9.17) is 9.78 Å². The van der Waals surface area contributed by atoms with Gasteiger partial charge < -0.3 is 9.84 Å². The molecule has 0 bridgehead atoms. The molecule has 7 heteroatoms. The van der Waals surface area contributed by atoms with Gasteiger partial charge in [0.05, 0.1) is 22.5 Å². The van der Waals surface area contributed by atoms with Crippen LogP contribution in [0.5, 0.6) is 0 Å². The first-order valence-corrected chi connectivity index (χ1v) is 6.10. The van der Waals surface area contributed by atoms with Crippen LogP contribution in [-0.2, 0) is 12.7 Å². The normalized spacial score (nSPS) is 11.2. The molecule has 0 amide bonds. The lowest BCUT2D eigenvalue weighted by Crippen LogP contribution is -2.07. The molecule has 0 spiro atoms. The highest BCUT2D eigenvalue weighted by Gasteiger charge is 2.31. The van der Waals surface area contributed by atoms with E-state index in [1.807, 2.05) is 0 Å². The number of aromatic nitrogens is 1. The number of nitrogens with zero attached hydrogens (tertiary/aromatic N) is 2. The van der Waals surface area contributed by atoms with Crippen LogP contribution in [0.2, 0.25) is 0 Å². The smallest absolute Gasteiger partial charge is 0.380 e. The second-order valence-corrected chi connectivity index (χ2v) is 4.53. The molecule has 0 unspecified atom stereocenters. The monoisotopic (exact) mass is 295 g/mol. The van der Waals surface area contributed by atoms with Gasteiger partial charge in [-0.3, -0.25) is 0 Å². The summed E-state index contributed by atoms with van der Waals surface area (Å²) >= 11 is 0. The first-order valence-electron chi connectivity index (χ1n) is 6.10. The maximum Gasteiger partial charge on any atom is 0.416 e. The number of halogens is 3. The number of benzene rings is 1. The molecular weight excluding hydrogens is 283 g/mol. The van der Waals surface area contributed by atoms with E-state index in [2.05, 4.69) is 10.5 Å². The number of hydrogen-bond acceptors (Lipinski definition) is 4. The lowest BCUT2D eigenvalue weighted by molar-refractivity contribution is -0.137. The maximum atomic E-state index is 12.6. The van der Waals surface area contributed by atoms with Gasteiger partial charge in [0, 0.05) is 12.1 Å². The van der Waals surface area contributed by atoms with E-state index in [0.717, 1.165) is 17.7 Å². The van der Waals surface area contributed by atoms with Gasteiger partial charge in [0.15, 0.2) is 0 Å². The van der Waals surface area contributed by atoms with Gasteiger partial charge in [-0.05, 0) is 32.0 Å². The standard InChI is InChI=1S/C14H12F3N3O/c1-8-12(9(2)21-20-8)7-19-13-4-3-11(14(15,16)17)5-10(13)6-18/h3-5,19H,7H2,1-2H3. The van der Waals surface area contributed by atoms with Gasteiger partial charge in [-0.1, -0.05) is 5.16 Å². The molecule has 0 saturated carbocycles. The van der Waals surface area contributed by atoms with Gasteiger partial charge in [-0.15, -0.1) is 0 Å². The van der Waals surface area contributed by atoms with Crippen LogP contribution in [0.15, 0.2) is 22.7 Å². The van der Waals surface area contributed by atoms with Crippen molar-refractivity contribution in [1.82, 2.24) is 5.16 Å². The minimum atomic E-state index is -4.47. The Morgan fingerprint density at radius 2 is 2.05 bits per heavy atom. The Bertz CT molecular complexity index is 679. The summed E-state index contributed by atoms with van der Waals surface area (Å²) in [5, 5.41) is 15.7. The number of aryl methyl sites for hydroxylation is 2. The number of alkyl halides is 3. The second kappa shape index (κ2) is 5.48. The van der Waals surface area contributed by atoms with E-state index in [1.54, 1.807) is 19.9 Å². The zero-order valence-corrected chi connectivity index (χ0v) is 11.4. The first-order chi connectivity index (χ1) is 9.82. The summed E-state index contributed by atoms with van der Waals surface area (Å²) in [5.41, 5.74) is 0.952. The van der Waals surface area contributed by atoms with Crippen molar-refractivity contribution < 1.29 is 17.7 Å². The number of nitrogens with one attached hydrogen (secondary N) is 1. The van der Waals surface area contributed by atoms with E-state index in [9.17, 15) is 13.2 Å². The van der Waals surface area contributed by atoms with Crippen LogP contribution in [0.1, 0.15) is 28.1 Å². The van der Waals surface area contributed by atoms with E-state index in [-0.39, 0.29) is 5.56 Å². The van der Waals surface area contributed by atoms with Crippen molar-refractivity contribution in [2.45, 2.75) is 26.6 Å². The van der Waals surface area contributed by atoms with Gasteiger partial charge in [-0.2, -0.15) is 18.4 Å². The molecule has 0 aliphatic carbocycles. The molecule has 0 atom stereocenters. The zero-order chi connectivity index (χ0) is 15.6. The Balaban J connectivity index is 2.23. The third kappa shape index (κ3) is 3.16. The van der Waals surface area contributed by atoms with Crippen LogP contribution in [0.3, 0.4) is 0 Å². The van der Waals surface area contributed by atoms with E-state index in [1.165, 1.54) is 6.07 Å². The Morgan fingerprint density at radius 3 is 2.57 bits per heavy atom. The molecule has 0 fully saturated rings. The highest BCUT2D eigenvalue weighted by atomic mass is 19.4. The van der Waals surface area contributed by atoms with E-state index in [0.29, 0.717) is 23.7 Å². The molecule has 4 nitrogen and oxygen atoms in total. The Hall–Kier alpha value is -2.49. The van der Waals surface area contributed by atoms with Crippen molar-refractivity contribution in [3.05, 3.63) is 46.3 Å². The van der Waals surface area contributed by atoms with Crippen LogP contribution in [0.25, 0.3) is 0 Å². The molecule has 21 heavy (non-hydrogen) atoms. The average Bonchev–Trinajstić information content (AvgIpc) is 2.74. The van der Waals surface area contributed by atoms with Gasteiger partial charge in [-0.25, -0.2) is 0 Å². The van der Waals surface area contributed by atoms with Crippen molar-refractivity contribution in [1.29, 1.82) is 5.26 Å². The summed E-state index contributed by atoms with van der Waals surface area (Å²) in [7, 11) is 0. The Labute approximate surface area is 119 Å². The molecule has 2 rings (SSSR count). The quantitative estimate of drug-likeness (QED) is 0.935. The largest absolute Gasteiger partial charge is 0.416 e. The third-order valence-electron chi connectivity index (χ3n) is 3.10. The number of hydrogen-bond donors (Lipinski definition) is 1. The van der Waals surface area contributed by atoms with E-state index >= 15 is 0 Å². The predicted octanol–water partition coefficient (Wildman–Crippen LogP) is 3.79. The molecular formula is C14H12F3N3O. The molecule has 1 heterocycles. The SMILES string of the molecule is Cc1noc(C)c1CNc1ccc(C(F)(F)F)cc1C#N. The van der Waals surface area contributed by atoms with Crippen LogP contribution in [0.4, 0.5) is 18.9 Å². The summed E-state index contributed by atoms with van der Waals surface area (Å²) < 4.78 is 42.8. The minimum Gasteiger partial charge on any atom is -0.380 e. The summed E-state index contributed by atoms with van der Waals surface area (Å²) in [4.78, 5) is 0. The maximum absolute atomic E-state index is 12.6. The predicted molar refractivity (Wildman–Crippen MR) is 69.5 cm³/mol. The fourth-order valence-corrected chi connectivity index (χ4v) is 1.91. The minimum absolute atomic E-state index is 0.0587. The Morgan fingerprint density at radius 1 is 1.33 bits per heavy atom. The highest BCUT2D eigenvalue weighted by molar-refractivity contribution is 5.59. The first kappa shape index (κ1) is 14.9. The summed E-state index contributed by atoms with van der Waals surface area (Å²) in [6, 6.07) is 4.79. The van der Waals surface area contributed by atoms with Crippen molar-refractivity contribution in [2.24, 2.45) is 0 Å². The Kier molecular flexibility index (Phi) is 3.89. The van der Waals surface area contributed by atoms with Crippen molar-refractivity contribution in [3.63, 3.8) is 0 Å². The second-order valence-electron chi connectivity index (χ2n) is 4.53. The molecule has 110 valence electrons. The molecule has 1 aromatic carbocycles. The third-order valence-corrected chi connectivity index (χ3v) is 3.10. The van der Waals surface area contributed by atoms with Crippen LogP contribution < -0.4 is 5.32 Å². The molecule has 0 aliphatic heterocycles. The molecule has 0 saturated heterocycles. The average molecular weight is 295 g/mol. The lowest BCUT2D eigenvalue weighted by Gasteiger charge is -2.11. The van der Waals surface area contributed by atoms with E-state index < -0.39 is 11.7 Å². The van der Waals surface area contributed by atoms with Crippen molar-refractivity contribution in [2.75, 3.05) is 5.32 Å². The van der Waals surface area contributed by atoms with Crippen LogP contribution >= 0.6 is 0 Å². The topological polar surface area (TPSA) is 61.9 Å². The summed E-state index contributed by atoms with van der Waals surface area (Å²) in [5.74, 6) is 0.630. The lowest BCUT2D eigenvalue weighted by atomic mass is 10.1. The van der Waals surface area contributed by atoms with Gasteiger partial charge in [0.1, 0.15) is 11.8 Å². The zero-order valence-electron chi connectivity index (χ0n) is 11.4. The van der Waals surface area contributed by atoms with Gasteiger partial charge in [0.25, 0.3) is 0 Å². The highest BCUT2D eigenvalue weighted by Crippen LogP contribution is 2.31. The van der Waals surface area contributed by atoms with Gasteiger partial charge in [0.2, 0.25) is 0 Å². The number of anilines is 1. The molecule has 1 N–H and O–H groups in total. The van der Waals surface area contributed by atoms with Crippen molar-refractivity contribution in [3.8, 4) is 6.07 Å². The fraction of sp³-hybridized carbons (Fsp3) is 0.286. The number of nitriles is 1. The molecule has 0 radical (unpaired) electrons. The summed E-state index contributed by atoms with van der Waals surface area (Å²) in [6.45, 7) is 3.83. The molecule has 0 aliphatic rings. The van der Waals surface area contributed by atoms with Gasteiger partial charge >= 0.3 is 6.18 Å². The summed E-state index contributed by atoms with van der Waals surface area (Å²) in [6.07, 6.45) is -4.47.